The summed E-state index contributed by atoms with van der Waals surface area (Å²) < 4.78 is 68.7. The Balaban J connectivity index is 1.81. The lowest BCUT2D eigenvalue weighted by Crippen LogP contribution is -2.33. The summed E-state index contributed by atoms with van der Waals surface area (Å²) in [6.45, 7) is 2.49. The molecule has 0 saturated carbocycles. The highest BCUT2D eigenvalue weighted by Crippen LogP contribution is 2.31. The smallest absolute Gasteiger partial charge is 0.416 e. The monoisotopic (exact) mass is 458 g/mol. The highest BCUT2D eigenvalue weighted by Gasteiger charge is 2.30. The number of benzene rings is 2. The van der Waals surface area contributed by atoms with Crippen molar-refractivity contribution in [1.29, 1.82) is 0 Å². The number of alkyl halides is 3. The van der Waals surface area contributed by atoms with Crippen molar-refractivity contribution in [3.63, 3.8) is 0 Å². The molecule has 0 saturated heterocycles. The number of ether oxygens (including phenoxy) is 1. The Kier molecular flexibility index (Phi) is 8.32. The summed E-state index contributed by atoms with van der Waals surface area (Å²) in [7, 11) is -3.72. The molecule has 0 bridgehead atoms. The summed E-state index contributed by atoms with van der Waals surface area (Å²) in [6, 6.07) is 11.4. The van der Waals surface area contributed by atoms with Gasteiger partial charge in [0.2, 0.25) is 15.9 Å². The molecule has 0 aromatic heterocycles. The number of anilines is 1. The minimum Gasteiger partial charge on any atom is -0.492 e. The molecule has 2 rings (SSSR count). The molecule has 31 heavy (non-hydrogen) atoms. The average Bonchev–Trinajstić information content (AvgIpc) is 2.67. The van der Waals surface area contributed by atoms with Crippen LogP contribution in [0.25, 0.3) is 0 Å². The Labute approximate surface area is 180 Å². The molecule has 0 unspecified atom stereocenters. The van der Waals surface area contributed by atoms with Crippen LogP contribution in [0.1, 0.15) is 24.0 Å². The summed E-state index contributed by atoms with van der Waals surface area (Å²) in [5.74, 6) is 0.434. The van der Waals surface area contributed by atoms with E-state index in [1.54, 1.807) is 0 Å². The van der Waals surface area contributed by atoms with E-state index in [4.69, 9.17) is 4.74 Å². The van der Waals surface area contributed by atoms with Gasteiger partial charge in [0.15, 0.2) is 0 Å². The largest absolute Gasteiger partial charge is 0.492 e. The van der Waals surface area contributed by atoms with Gasteiger partial charge in [-0.3, -0.25) is 9.10 Å². The molecule has 1 amide bonds. The van der Waals surface area contributed by atoms with E-state index < -0.39 is 21.8 Å². The second-order valence-electron chi connectivity index (χ2n) is 7.00. The quantitative estimate of drug-likeness (QED) is 0.550. The van der Waals surface area contributed by atoms with Gasteiger partial charge in [0, 0.05) is 13.0 Å². The number of amides is 1. The minimum absolute atomic E-state index is 0.0303. The maximum absolute atomic E-state index is 12.7. The molecule has 0 aliphatic heterocycles. The minimum atomic E-state index is -4.50. The molecule has 0 fully saturated rings. The van der Waals surface area contributed by atoms with Gasteiger partial charge in [0.05, 0.1) is 24.1 Å². The van der Waals surface area contributed by atoms with Crippen molar-refractivity contribution < 1.29 is 31.1 Å². The molecule has 2 aromatic rings. The predicted molar refractivity (Wildman–Crippen MR) is 113 cm³/mol. The third-order valence-electron chi connectivity index (χ3n) is 4.33. The summed E-state index contributed by atoms with van der Waals surface area (Å²) in [5, 5.41) is 2.69. The molecule has 0 spiro atoms. The summed E-state index contributed by atoms with van der Waals surface area (Å²) in [4.78, 5) is 12.0. The first-order valence-electron chi connectivity index (χ1n) is 9.58. The molecule has 6 nitrogen and oxygen atoms in total. The van der Waals surface area contributed by atoms with Crippen molar-refractivity contribution in [2.24, 2.45) is 0 Å². The third kappa shape index (κ3) is 8.12. The van der Waals surface area contributed by atoms with Crippen molar-refractivity contribution in [2.75, 3.05) is 30.3 Å². The van der Waals surface area contributed by atoms with E-state index in [0.717, 1.165) is 40.4 Å². The van der Waals surface area contributed by atoms with Gasteiger partial charge in [-0.15, -0.1) is 0 Å². The van der Waals surface area contributed by atoms with Crippen LogP contribution in [0.15, 0.2) is 48.5 Å². The standard InChI is InChI=1S/C21H25F3N2O4S/c1-16-5-3-6-19(15-16)30-14-12-25-20(27)7-4-13-26(31(2,28)29)18-10-8-17(9-11-18)21(22,23)24/h3,5-6,8-11,15H,4,7,12-14H2,1-2H3,(H,25,27). The molecule has 2 aromatic carbocycles. The van der Waals surface area contributed by atoms with E-state index >= 15 is 0 Å². The van der Waals surface area contributed by atoms with Gasteiger partial charge in [-0.25, -0.2) is 8.42 Å². The highest BCUT2D eigenvalue weighted by molar-refractivity contribution is 7.92. The second-order valence-corrected chi connectivity index (χ2v) is 8.91. The van der Waals surface area contributed by atoms with Crippen LogP contribution in [-0.2, 0) is 21.0 Å². The maximum Gasteiger partial charge on any atom is 0.416 e. The number of carbonyl (C=O) groups excluding carboxylic acids is 1. The predicted octanol–water partition coefficient (Wildman–Crippen LogP) is 3.76. The van der Waals surface area contributed by atoms with Crippen molar-refractivity contribution in [1.82, 2.24) is 5.32 Å². The topological polar surface area (TPSA) is 75.7 Å². The van der Waals surface area contributed by atoms with Crippen LogP contribution in [-0.4, -0.2) is 40.3 Å². The molecular weight excluding hydrogens is 433 g/mol. The number of nitrogens with one attached hydrogen (secondary N) is 1. The van der Waals surface area contributed by atoms with Gasteiger partial charge < -0.3 is 10.1 Å². The number of sulfonamides is 1. The van der Waals surface area contributed by atoms with Crippen molar-refractivity contribution in [2.45, 2.75) is 25.9 Å². The van der Waals surface area contributed by atoms with Crippen LogP contribution in [0, 0.1) is 6.92 Å². The van der Waals surface area contributed by atoms with E-state index in [2.05, 4.69) is 5.32 Å². The number of rotatable bonds is 10. The number of halogens is 3. The highest BCUT2D eigenvalue weighted by atomic mass is 32.2. The molecule has 0 aliphatic carbocycles. The summed E-state index contributed by atoms with van der Waals surface area (Å²) in [5.41, 5.74) is 0.310. The Morgan fingerprint density at radius 3 is 2.39 bits per heavy atom. The number of hydrogen-bond acceptors (Lipinski definition) is 4. The number of aryl methyl sites for hydroxylation is 1. The third-order valence-corrected chi connectivity index (χ3v) is 5.52. The fraction of sp³-hybridized carbons (Fsp3) is 0.381. The second kappa shape index (κ2) is 10.5. The molecule has 0 atom stereocenters. The van der Waals surface area contributed by atoms with Gasteiger partial charge in [0.1, 0.15) is 12.4 Å². The van der Waals surface area contributed by atoms with Crippen LogP contribution < -0.4 is 14.4 Å². The molecule has 1 N–H and O–H groups in total. The van der Waals surface area contributed by atoms with E-state index in [1.165, 1.54) is 0 Å². The number of nitrogens with zero attached hydrogens (tertiary/aromatic N) is 1. The van der Waals surface area contributed by atoms with Gasteiger partial charge in [-0.05, 0) is 55.3 Å². The fourth-order valence-electron chi connectivity index (χ4n) is 2.84. The molecule has 10 heteroatoms. The van der Waals surface area contributed by atoms with Gasteiger partial charge in [-0.2, -0.15) is 13.2 Å². The van der Waals surface area contributed by atoms with Crippen molar-refractivity contribution in [3.05, 3.63) is 59.7 Å². The maximum atomic E-state index is 12.7. The number of hydrogen-bond donors (Lipinski definition) is 1. The SMILES string of the molecule is Cc1cccc(OCCNC(=O)CCCN(c2ccc(C(F)(F)F)cc2)S(C)(=O)=O)c1. The first-order chi connectivity index (χ1) is 14.5. The normalized spacial score (nSPS) is 11.8. The first-order valence-corrected chi connectivity index (χ1v) is 11.4. The fourth-order valence-corrected chi connectivity index (χ4v) is 3.80. The lowest BCUT2D eigenvalue weighted by atomic mass is 10.2. The molecular formula is C21H25F3N2O4S. The summed E-state index contributed by atoms with van der Waals surface area (Å²) >= 11 is 0. The number of carbonyl (C=O) groups is 1. The Morgan fingerprint density at radius 1 is 1.13 bits per heavy atom. The van der Waals surface area contributed by atoms with Crippen molar-refractivity contribution >= 4 is 21.6 Å². The van der Waals surface area contributed by atoms with E-state index in [9.17, 15) is 26.4 Å². The lowest BCUT2D eigenvalue weighted by Gasteiger charge is -2.22. The zero-order valence-corrected chi connectivity index (χ0v) is 18.1. The zero-order chi connectivity index (χ0) is 23.1. The van der Waals surface area contributed by atoms with Crippen LogP contribution in [0.5, 0.6) is 5.75 Å². The summed E-state index contributed by atoms with van der Waals surface area (Å²) in [6.07, 6.45) is -3.27. The van der Waals surface area contributed by atoms with Gasteiger partial charge >= 0.3 is 6.18 Å². The van der Waals surface area contributed by atoms with Gasteiger partial charge in [0.25, 0.3) is 0 Å². The van der Waals surface area contributed by atoms with Gasteiger partial charge in [-0.1, -0.05) is 12.1 Å². The van der Waals surface area contributed by atoms with Crippen LogP contribution in [0.2, 0.25) is 0 Å². The van der Waals surface area contributed by atoms with Crippen molar-refractivity contribution in [3.8, 4) is 5.75 Å². The molecule has 0 heterocycles. The van der Waals surface area contributed by atoms with E-state index in [1.807, 2.05) is 31.2 Å². The molecule has 170 valence electrons. The lowest BCUT2D eigenvalue weighted by molar-refractivity contribution is -0.137. The van der Waals surface area contributed by atoms with Crippen LogP contribution in [0.4, 0.5) is 18.9 Å². The Morgan fingerprint density at radius 2 is 1.81 bits per heavy atom. The molecule has 0 aliphatic rings. The zero-order valence-electron chi connectivity index (χ0n) is 17.3. The molecule has 0 radical (unpaired) electrons. The van der Waals surface area contributed by atoms with E-state index in [0.29, 0.717) is 12.3 Å². The average molecular weight is 459 g/mol. The Hall–Kier alpha value is -2.75. The van der Waals surface area contributed by atoms with E-state index in [-0.39, 0.29) is 37.6 Å². The Bertz CT molecular complexity index is 977. The van der Waals surface area contributed by atoms with Crippen LogP contribution in [0.3, 0.4) is 0 Å². The van der Waals surface area contributed by atoms with Crippen LogP contribution >= 0.6 is 0 Å². The first kappa shape index (κ1) is 24.5.